The molecule has 0 bridgehead atoms. The second-order valence-corrected chi connectivity index (χ2v) is 5.30. The van der Waals surface area contributed by atoms with Gasteiger partial charge in [-0.15, -0.1) is 0 Å². The summed E-state index contributed by atoms with van der Waals surface area (Å²) in [4.78, 5) is 30.6. The number of carbonyl (C=O) groups is 2. The molecule has 6 nitrogen and oxygen atoms in total. The van der Waals surface area contributed by atoms with Crippen molar-refractivity contribution in [3.8, 4) is 0 Å². The fraction of sp³-hybridized carbons (Fsp3) is 0.125. The van der Waals surface area contributed by atoms with Crippen molar-refractivity contribution in [2.24, 2.45) is 0 Å². The fourth-order valence-corrected chi connectivity index (χ4v) is 2.77. The topological polar surface area (TPSA) is 79.0 Å². The van der Waals surface area contributed by atoms with E-state index in [0.29, 0.717) is 22.2 Å². The number of rotatable bonds is 2. The van der Waals surface area contributed by atoms with Gasteiger partial charge in [-0.25, -0.2) is 4.98 Å². The molecule has 0 aliphatic carbocycles. The molecule has 0 saturated heterocycles. The summed E-state index contributed by atoms with van der Waals surface area (Å²) < 4.78 is 0. The highest BCUT2D eigenvalue weighted by Gasteiger charge is 2.37. The van der Waals surface area contributed by atoms with Crippen molar-refractivity contribution in [3.63, 3.8) is 0 Å². The Morgan fingerprint density at radius 1 is 1.14 bits per heavy atom. The van der Waals surface area contributed by atoms with Gasteiger partial charge in [-0.1, -0.05) is 24.3 Å². The third-order valence-electron chi connectivity index (χ3n) is 4.00. The van der Waals surface area contributed by atoms with E-state index in [2.05, 4.69) is 15.2 Å². The van der Waals surface area contributed by atoms with Gasteiger partial charge in [0.25, 0.3) is 11.8 Å². The molecule has 4 rings (SSSR count). The molecule has 0 radical (unpaired) electrons. The molecule has 0 spiro atoms. The lowest BCUT2D eigenvalue weighted by molar-refractivity contribution is 0.0642. The lowest BCUT2D eigenvalue weighted by Gasteiger charge is -2.15. The molecular weight excluding hydrogens is 280 g/mol. The van der Waals surface area contributed by atoms with Gasteiger partial charge in [0.1, 0.15) is 0 Å². The first-order valence-corrected chi connectivity index (χ1v) is 6.89. The fourth-order valence-electron chi connectivity index (χ4n) is 2.77. The van der Waals surface area contributed by atoms with E-state index in [1.807, 2.05) is 31.2 Å². The number of amides is 2. The summed E-state index contributed by atoms with van der Waals surface area (Å²) in [6.07, 6.45) is 2.97. The Kier molecular flexibility index (Phi) is 2.59. The van der Waals surface area contributed by atoms with Gasteiger partial charge >= 0.3 is 0 Å². The number of nitrogens with one attached hydrogen (secondary N) is 1. The van der Waals surface area contributed by atoms with Crippen molar-refractivity contribution < 1.29 is 9.59 Å². The third kappa shape index (κ3) is 1.67. The number of nitrogens with zero attached hydrogens (tertiary/aromatic N) is 3. The maximum Gasteiger partial charge on any atom is 0.263 e. The molecule has 2 aromatic heterocycles. The second kappa shape index (κ2) is 4.49. The molecule has 1 N–H and O–H groups in total. The largest absolute Gasteiger partial charge is 0.270 e. The number of carbonyl (C=O) groups excluding carboxylic acids is 2. The van der Waals surface area contributed by atoms with Crippen LogP contribution in [0.1, 0.15) is 31.8 Å². The molecule has 1 aliphatic heterocycles. The van der Waals surface area contributed by atoms with E-state index >= 15 is 0 Å². The minimum atomic E-state index is -0.307. The molecule has 0 unspecified atom stereocenters. The van der Waals surface area contributed by atoms with E-state index in [4.69, 9.17) is 0 Å². The van der Waals surface area contributed by atoms with Crippen molar-refractivity contribution in [1.29, 1.82) is 0 Å². The predicted octanol–water partition coefficient (Wildman–Crippen LogP) is 2.06. The van der Waals surface area contributed by atoms with Crippen LogP contribution in [0.15, 0.2) is 36.7 Å². The SMILES string of the molecule is Cc1ccccc1CN1C(=O)c2cnc3[nH]ncc3c2C1=O. The second-order valence-electron chi connectivity index (χ2n) is 5.30. The predicted molar refractivity (Wildman–Crippen MR) is 79.3 cm³/mol. The van der Waals surface area contributed by atoms with Crippen molar-refractivity contribution >= 4 is 22.8 Å². The summed E-state index contributed by atoms with van der Waals surface area (Å²) in [5, 5.41) is 7.19. The van der Waals surface area contributed by atoms with E-state index in [-0.39, 0.29) is 18.4 Å². The number of imide groups is 1. The number of hydrogen-bond acceptors (Lipinski definition) is 4. The summed E-state index contributed by atoms with van der Waals surface area (Å²) in [5.41, 5.74) is 3.24. The maximum atomic E-state index is 12.7. The Balaban J connectivity index is 1.79. The number of H-pyrrole nitrogens is 1. The quantitative estimate of drug-likeness (QED) is 0.733. The van der Waals surface area contributed by atoms with E-state index in [1.54, 1.807) is 0 Å². The Hall–Kier alpha value is -3.02. The Morgan fingerprint density at radius 2 is 1.95 bits per heavy atom. The molecular formula is C16H12N4O2. The van der Waals surface area contributed by atoms with E-state index in [0.717, 1.165) is 11.1 Å². The molecule has 6 heteroatoms. The summed E-state index contributed by atoms with van der Waals surface area (Å²) in [6, 6.07) is 7.71. The molecule has 0 saturated carbocycles. The first-order chi connectivity index (χ1) is 10.7. The third-order valence-corrected chi connectivity index (χ3v) is 4.00. The molecule has 2 amide bonds. The van der Waals surface area contributed by atoms with Gasteiger partial charge < -0.3 is 0 Å². The van der Waals surface area contributed by atoms with Crippen LogP contribution in [0, 0.1) is 6.92 Å². The first-order valence-electron chi connectivity index (χ1n) is 6.89. The summed E-state index contributed by atoms with van der Waals surface area (Å²) >= 11 is 0. The normalized spacial score (nSPS) is 14.0. The van der Waals surface area contributed by atoms with Crippen LogP contribution in [0.3, 0.4) is 0 Å². The van der Waals surface area contributed by atoms with Crippen molar-refractivity contribution in [2.45, 2.75) is 13.5 Å². The molecule has 108 valence electrons. The first kappa shape index (κ1) is 12.7. The number of aromatic nitrogens is 3. The Labute approximate surface area is 125 Å². The van der Waals surface area contributed by atoms with Gasteiger partial charge in [-0.05, 0) is 18.1 Å². The van der Waals surface area contributed by atoms with Crippen LogP contribution in [-0.4, -0.2) is 31.9 Å². The molecule has 22 heavy (non-hydrogen) atoms. The van der Waals surface area contributed by atoms with Crippen LogP contribution in [0.2, 0.25) is 0 Å². The van der Waals surface area contributed by atoms with Crippen LogP contribution in [0.25, 0.3) is 11.0 Å². The molecule has 1 aromatic carbocycles. The minimum absolute atomic E-state index is 0.262. The number of aryl methyl sites for hydroxylation is 1. The van der Waals surface area contributed by atoms with Gasteiger partial charge in [-0.3, -0.25) is 19.6 Å². The lowest BCUT2D eigenvalue weighted by Crippen LogP contribution is -2.29. The van der Waals surface area contributed by atoms with E-state index in [9.17, 15) is 9.59 Å². The van der Waals surface area contributed by atoms with Gasteiger partial charge in [0.2, 0.25) is 0 Å². The Morgan fingerprint density at radius 3 is 2.77 bits per heavy atom. The van der Waals surface area contributed by atoms with Crippen LogP contribution < -0.4 is 0 Å². The highest BCUT2D eigenvalue weighted by molar-refractivity contribution is 6.25. The average molecular weight is 292 g/mol. The summed E-state index contributed by atoms with van der Waals surface area (Å²) in [6.45, 7) is 2.22. The zero-order valence-electron chi connectivity index (χ0n) is 11.8. The lowest BCUT2D eigenvalue weighted by atomic mass is 10.1. The van der Waals surface area contributed by atoms with Crippen molar-refractivity contribution in [1.82, 2.24) is 20.1 Å². The molecule has 3 heterocycles. The summed E-state index contributed by atoms with van der Waals surface area (Å²) in [7, 11) is 0. The molecule has 0 atom stereocenters. The summed E-state index contributed by atoms with van der Waals surface area (Å²) in [5.74, 6) is -0.601. The molecule has 1 aliphatic rings. The van der Waals surface area contributed by atoms with E-state index in [1.165, 1.54) is 17.3 Å². The van der Waals surface area contributed by atoms with Gasteiger partial charge in [-0.2, -0.15) is 5.10 Å². The molecule has 0 fully saturated rings. The highest BCUT2D eigenvalue weighted by Crippen LogP contribution is 2.29. The Bertz CT molecular complexity index is 929. The minimum Gasteiger partial charge on any atom is -0.270 e. The van der Waals surface area contributed by atoms with Crippen LogP contribution in [0.5, 0.6) is 0 Å². The maximum absolute atomic E-state index is 12.7. The highest BCUT2D eigenvalue weighted by atomic mass is 16.2. The monoisotopic (exact) mass is 292 g/mol. The van der Waals surface area contributed by atoms with Gasteiger partial charge in [0.05, 0.1) is 29.3 Å². The van der Waals surface area contributed by atoms with Crippen LogP contribution in [0.4, 0.5) is 0 Å². The van der Waals surface area contributed by atoms with Crippen LogP contribution in [-0.2, 0) is 6.54 Å². The number of hydrogen-bond donors (Lipinski definition) is 1. The zero-order valence-corrected chi connectivity index (χ0v) is 11.8. The number of benzene rings is 1. The van der Waals surface area contributed by atoms with Gasteiger partial charge in [0.15, 0.2) is 5.65 Å². The number of fused-ring (bicyclic) bond motifs is 3. The average Bonchev–Trinajstić information content (AvgIpc) is 3.08. The van der Waals surface area contributed by atoms with Crippen LogP contribution >= 0.6 is 0 Å². The van der Waals surface area contributed by atoms with Crippen molar-refractivity contribution in [3.05, 3.63) is 58.9 Å². The smallest absolute Gasteiger partial charge is 0.263 e. The number of aromatic amines is 1. The zero-order chi connectivity index (χ0) is 15.3. The van der Waals surface area contributed by atoms with Crippen molar-refractivity contribution in [2.75, 3.05) is 0 Å². The van der Waals surface area contributed by atoms with Gasteiger partial charge in [0, 0.05) is 6.20 Å². The van der Waals surface area contributed by atoms with E-state index < -0.39 is 0 Å². The molecule has 3 aromatic rings. The standard InChI is InChI=1S/C16H12N4O2/c1-9-4-2-3-5-10(9)8-20-15(21)12-6-17-14-11(7-18-19-14)13(12)16(20)22/h2-7H,8H2,1H3,(H,17,18,19). The number of pyridine rings is 1.